The molecule has 0 fully saturated rings. The van der Waals surface area contributed by atoms with Crippen LogP contribution < -0.4 is 5.32 Å². The van der Waals surface area contributed by atoms with Gasteiger partial charge in [0.05, 0.1) is 11.2 Å². The van der Waals surface area contributed by atoms with E-state index in [1.807, 2.05) is 12.1 Å². The van der Waals surface area contributed by atoms with Crippen LogP contribution in [0.25, 0.3) is 0 Å². The van der Waals surface area contributed by atoms with Gasteiger partial charge in [-0.1, -0.05) is 0 Å². The zero-order chi connectivity index (χ0) is 20.1. The molecule has 0 bridgehead atoms. The molecule has 2 aromatic heterocycles. The second kappa shape index (κ2) is 6.40. The maximum absolute atomic E-state index is 13.2. The predicted octanol–water partition coefficient (Wildman–Crippen LogP) is 3.50. The SMILES string of the molecule is Cc1nc2n(n1)C(c1ccc([N+](=O)[O-])cc1)C1=C(CC(c3ccco3)CC1=O)N2. The molecule has 0 spiro atoms. The molecule has 29 heavy (non-hydrogen) atoms. The molecule has 3 heterocycles. The summed E-state index contributed by atoms with van der Waals surface area (Å²) in [6.07, 6.45) is 2.56. The molecule has 9 nitrogen and oxygen atoms in total. The predicted molar refractivity (Wildman–Crippen MR) is 102 cm³/mol. The minimum Gasteiger partial charge on any atom is -0.469 e. The lowest BCUT2D eigenvalue weighted by molar-refractivity contribution is -0.384. The highest BCUT2D eigenvalue weighted by Crippen LogP contribution is 2.44. The highest BCUT2D eigenvalue weighted by atomic mass is 16.6. The number of aromatic nitrogens is 3. The summed E-state index contributed by atoms with van der Waals surface area (Å²) in [4.78, 5) is 28.2. The number of rotatable bonds is 3. The quantitative estimate of drug-likeness (QED) is 0.536. The number of Topliss-reactive ketones (excluding diaryl/α,β-unsaturated/α-hetero) is 1. The van der Waals surface area contributed by atoms with Crippen LogP contribution in [0.3, 0.4) is 0 Å². The second-order valence-electron chi connectivity index (χ2n) is 7.24. The molecule has 1 aromatic carbocycles. The van der Waals surface area contributed by atoms with E-state index in [-0.39, 0.29) is 17.4 Å². The number of carbonyl (C=O) groups is 1. The summed E-state index contributed by atoms with van der Waals surface area (Å²) in [5.41, 5.74) is 2.17. The molecule has 0 radical (unpaired) electrons. The summed E-state index contributed by atoms with van der Waals surface area (Å²) < 4.78 is 7.20. The van der Waals surface area contributed by atoms with Crippen molar-refractivity contribution in [2.45, 2.75) is 31.7 Å². The summed E-state index contributed by atoms with van der Waals surface area (Å²) in [6.45, 7) is 1.78. The third kappa shape index (κ3) is 2.82. The first-order chi connectivity index (χ1) is 14.0. The number of aryl methyl sites for hydroxylation is 1. The van der Waals surface area contributed by atoms with Crippen molar-refractivity contribution in [3.05, 3.63) is 81.2 Å². The number of anilines is 1. The Hall–Kier alpha value is -3.75. The van der Waals surface area contributed by atoms with Gasteiger partial charge in [0.25, 0.3) is 5.69 Å². The number of hydrogen-bond donors (Lipinski definition) is 1. The number of nitrogens with zero attached hydrogens (tertiary/aromatic N) is 4. The number of hydrogen-bond acceptors (Lipinski definition) is 7. The number of carbonyl (C=O) groups excluding carboxylic acids is 1. The average Bonchev–Trinajstić information content (AvgIpc) is 3.35. The minimum atomic E-state index is -0.478. The molecule has 1 aliphatic heterocycles. The van der Waals surface area contributed by atoms with Gasteiger partial charge in [0.2, 0.25) is 5.95 Å². The molecule has 3 aromatic rings. The molecule has 9 heteroatoms. The number of non-ortho nitro benzene ring substituents is 1. The Kier molecular flexibility index (Phi) is 3.83. The van der Waals surface area contributed by atoms with Gasteiger partial charge in [-0.3, -0.25) is 14.9 Å². The summed E-state index contributed by atoms with van der Waals surface area (Å²) in [6, 6.07) is 9.45. The molecule has 146 valence electrons. The van der Waals surface area contributed by atoms with Crippen molar-refractivity contribution >= 4 is 17.4 Å². The van der Waals surface area contributed by atoms with Crippen molar-refractivity contribution in [2.75, 3.05) is 5.32 Å². The Morgan fingerprint density at radius 2 is 2.03 bits per heavy atom. The van der Waals surface area contributed by atoms with Gasteiger partial charge in [-0.05, 0) is 43.2 Å². The molecule has 2 atom stereocenters. The zero-order valence-electron chi connectivity index (χ0n) is 15.5. The third-order valence-electron chi connectivity index (χ3n) is 5.39. The fourth-order valence-electron chi connectivity index (χ4n) is 4.13. The van der Waals surface area contributed by atoms with Crippen LogP contribution in [0.4, 0.5) is 11.6 Å². The lowest BCUT2D eigenvalue weighted by Crippen LogP contribution is -2.33. The maximum atomic E-state index is 13.2. The Morgan fingerprint density at radius 1 is 1.24 bits per heavy atom. The Morgan fingerprint density at radius 3 is 2.72 bits per heavy atom. The van der Waals surface area contributed by atoms with Crippen molar-refractivity contribution in [1.82, 2.24) is 14.8 Å². The van der Waals surface area contributed by atoms with Crippen LogP contribution in [0.5, 0.6) is 0 Å². The van der Waals surface area contributed by atoms with Gasteiger partial charge >= 0.3 is 0 Å². The fourth-order valence-corrected chi connectivity index (χ4v) is 4.13. The van der Waals surface area contributed by atoms with E-state index < -0.39 is 11.0 Å². The van der Waals surface area contributed by atoms with Crippen molar-refractivity contribution < 1.29 is 14.1 Å². The normalized spacial score (nSPS) is 20.8. The van der Waals surface area contributed by atoms with Gasteiger partial charge in [0.15, 0.2) is 5.78 Å². The Bertz CT molecular complexity index is 1140. The van der Waals surface area contributed by atoms with E-state index >= 15 is 0 Å². The van der Waals surface area contributed by atoms with Gasteiger partial charge in [-0.15, -0.1) is 0 Å². The molecule has 0 amide bonds. The Balaban J connectivity index is 1.61. The molecule has 1 N–H and O–H groups in total. The largest absolute Gasteiger partial charge is 0.469 e. The Labute approximate surface area is 165 Å². The molecule has 0 saturated carbocycles. The van der Waals surface area contributed by atoms with E-state index in [1.54, 1.807) is 30.0 Å². The summed E-state index contributed by atoms with van der Waals surface area (Å²) in [5, 5.41) is 18.7. The highest BCUT2D eigenvalue weighted by molar-refractivity contribution is 6.00. The number of allylic oxidation sites excluding steroid dienone is 2. The average molecular weight is 391 g/mol. The van der Waals surface area contributed by atoms with Gasteiger partial charge in [-0.2, -0.15) is 10.1 Å². The monoisotopic (exact) mass is 391 g/mol. The summed E-state index contributed by atoms with van der Waals surface area (Å²) in [7, 11) is 0. The number of ketones is 1. The van der Waals surface area contributed by atoms with Crippen LogP contribution in [-0.2, 0) is 4.79 Å². The van der Waals surface area contributed by atoms with E-state index in [0.29, 0.717) is 30.2 Å². The molecule has 1 aliphatic carbocycles. The number of nitro groups is 1. The number of nitrogens with one attached hydrogen (secondary N) is 1. The van der Waals surface area contributed by atoms with Gasteiger partial charge in [0.1, 0.15) is 17.6 Å². The minimum absolute atomic E-state index is 0.000245. The van der Waals surface area contributed by atoms with Crippen LogP contribution in [0.15, 0.2) is 58.3 Å². The van der Waals surface area contributed by atoms with Crippen molar-refractivity contribution in [3.63, 3.8) is 0 Å². The van der Waals surface area contributed by atoms with Crippen LogP contribution in [-0.4, -0.2) is 25.5 Å². The number of furan rings is 1. The van der Waals surface area contributed by atoms with Crippen molar-refractivity contribution in [1.29, 1.82) is 0 Å². The molecule has 5 rings (SSSR count). The zero-order valence-corrected chi connectivity index (χ0v) is 15.5. The van der Waals surface area contributed by atoms with Crippen LogP contribution in [0, 0.1) is 17.0 Å². The van der Waals surface area contributed by atoms with E-state index in [1.165, 1.54) is 12.1 Å². The summed E-state index contributed by atoms with van der Waals surface area (Å²) >= 11 is 0. The lowest BCUT2D eigenvalue weighted by atomic mass is 9.79. The standard InChI is InChI=1S/C20H17N5O4/c1-11-21-20-22-15-9-13(17-3-2-8-29-17)10-16(26)18(15)19(24(20)23-11)12-4-6-14(7-5-12)25(27)28/h2-8,13,19H,9-10H2,1H3,(H,21,22,23). The van der Waals surface area contributed by atoms with Gasteiger partial charge < -0.3 is 9.73 Å². The topological polar surface area (TPSA) is 116 Å². The third-order valence-corrected chi connectivity index (χ3v) is 5.39. The first-order valence-electron chi connectivity index (χ1n) is 9.25. The molecule has 2 unspecified atom stereocenters. The maximum Gasteiger partial charge on any atom is 0.269 e. The summed E-state index contributed by atoms with van der Waals surface area (Å²) in [5.74, 6) is 1.87. The number of nitro benzene ring substituents is 1. The van der Waals surface area contributed by atoms with Crippen LogP contribution >= 0.6 is 0 Å². The van der Waals surface area contributed by atoms with E-state index in [4.69, 9.17) is 4.42 Å². The second-order valence-corrected chi connectivity index (χ2v) is 7.24. The van der Waals surface area contributed by atoms with Crippen molar-refractivity contribution in [3.8, 4) is 0 Å². The first kappa shape index (κ1) is 17.4. The molecular formula is C20H17N5O4. The van der Waals surface area contributed by atoms with Crippen LogP contribution in [0.1, 0.15) is 41.9 Å². The van der Waals surface area contributed by atoms with Crippen LogP contribution in [0.2, 0.25) is 0 Å². The van der Waals surface area contributed by atoms with Gasteiger partial charge in [-0.25, -0.2) is 4.68 Å². The van der Waals surface area contributed by atoms with E-state index in [0.717, 1.165) is 17.0 Å². The van der Waals surface area contributed by atoms with E-state index in [9.17, 15) is 14.9 Å². The number of fused-ring (bicyclic) bond motifs is 1. The van der Waals surface area contributed by atoms with Gasteiger partial charge in [0, 0.05) is 35.7 Å². The highest BCUT2D eigenvalue weighted by Gasteiger charge is 2.40. The number of benzene rings is 1. The first-order valence-corrected chi connectivity index (χ1v) is 9.25. The molecule has 2 aliphatic rings. The lowest BCUT2D eigenvalue weighted by Gasteiger charge is -2.34. The van der Waals surface area contributed by atoms with Crippen molar-refractivity contribution in [2.24, 2.45) is 0 Å². The molecule has 0 saturated heterocycles. The smallest absolute Gasteiger partial charge is 0.269 e. The fraction of sp³-hybridized carbons (Fsp3) is 0.250. The van der Waals surface area contributed by atoms with E-state index in [2.05, 4.69) is 15.4 Å². The molecular weight excluding hydrogens is 374 g/mol.